The van der Waals surface area contributed by atoms with E-state index >= 15 is 0 Å². The first-order valence-corrected chi connectivity index (χ1v) is 8.53. The molecule has 5 aromatic rings. The van der Waals surface area contributed by atoms with E-state index in [1.165, 1.54) is 43.1 Å². The van der Waals surface area contributed by atoms with Gasteiger partial charge < -0.3 is 0 Å². The van der Waals surface area contributed by atoms with Crippen LogP contribution in [0.2, 0.25) is 0 Å². The molecular formula is C22H13Br. The molecule has 0 heterocycles. The Balaban J connectivity index is 2.02. The fourth-order valence-corrected chi connectivity index (χ4v) is 3.97. The van der Waals surface area contributed by atoms with Crippen LogP contribution in [-0.2, 0) is 0 Å². The minimum atomic E-state index is 1.12. The van der Waals surface area contributed by atoms with E-state index in [4.69, 9.17) is 0 Å². The van der Waals surface area contributed by atoms with Crippen LogP contribution in [0.1, 0.15) is 0 Å². The zero-order chi connectivity index (χ0) is 15.4. The summed E-state index contributed by atoms with van der Waals surface area (Å²) in [6.07, 6.45) is 0. The van der Waals surface area contributed by atoms with Gasteiger partial charge in [-0.1, -0.05) is 82.7 Å². The molecule has 0 bridgehead atoms. The molecule has 0 spiro atoms. The van der Waals surface area contributed by atoms with Crippen molar-refractivity contribution in [2.45, 2.75) is 0 Å². The first kappa shape index (κ1) is 13.1. The first-order chi connectivity index (χ1) is 11.3. The van der Waals surface area contributed by atoms with Crippen molar-refractivity contribution in [3.63, 3.8) is 0 Å². The second-order valence-electron chi connectivity index (χ2n) is 5.97. The molecule has 0 saturated carbocycles. The van der Waals surface area contributed by atoms with E-state index in [1.807, 2.05) is 0 Å². The van der Waals surface area contributed by atoms with Crippen LogP contribution < -0.4 is 0 Å². The van der Waals surface area contributed by atoms with Crippen molar-refractivity contribution in [3.8, 4) is 0 Å². The maximum Gasteiger partial charge on any atom is 0.0181 e. The fourth-order valence-electron chi connectivity index (χ4n) is 3.61. The molecule has 0 aliphatic carbocycles. The summed E-state index contributed by atoms with van der Waals surface area (Å²) in [7, 11) is 0. The molecule has 0 saturated heterocycles. The highest BCUT2D eigenvalue weighted by atomic mass is 79.9. The van der Waals surface area contributed by atoms with E-state index in [0.29, 0.717) is 0 Å². The van der Waals surface area contributed by atoms with Crippen LogP contribution in [-0.4, -0.2) is 0 Å². The fraction of sp³-hybridized carbons (Fsp3) is 0. The van der Waals surface area contributed by atoms with E-state index in [9.17, 15) is 0 Å². The molecule has 0 radical (unpaired) electrons. The van der Waals surface area contributed by atoms with Crippen molar-refractivity contribution in [1.29, 1.82) is 0 Å². The smallest absolute Gasteiger partial charge is 0.0181 e. The number of hydrogen-bond acceptors (Lipinski definition) is 0. The van der Waals surface area contributed by atoms with E-state index in [2.05, 4.69) is 94.8 Å². The Hall–Kier alpha value is -2.38. The lowest BCUT2D eigenvalue weighted by Crippen LogP contribution is -1.82. The van der Waals surface area contributed by atoms with Crippen LogP contribution >= 0.6 is 15.9 Å². The van der Waals surface area contributed by atoms with E-state index < -0.39 is 0 Å². The van der Waals surface area contributed by atoms with Crippen molar-refractivity contribution in [3.05, 3.63) is 83.3 Å². The topological polar surface area (TPSA) is 0 Å². The number of rotatable bonds is 0. The molecule has 0 unspecified atom stereocenters. The molecule has 0 nitrogen and oxygen atoms in total. The third kappa shape index (κ3) is 1.90. The van der Waals surface area contributed by atoms with E-state index in [-0.39, 0.29) is 0 Å². The van der Waals surface area contributed by atoms with Crippen LogP contribution in [0.15, 0.2) is 83.3 Å². The highest BCUT2D eigenvalue weighted by Gasteiger charge is 2.07. The second-order valence-corrected chi connectivity index (χ2v) is 6.89. The minimum absolute atomic E-state index is 1.12. The SMILES string of the molecule is Brc1ccc2ccc3c(ccc4c5ccccc5ccc43)c2c1. The maximum absolute atomic E-state index is 3.60. The average molecular weight is 357 g/mol. The summed E-state index contributed by atoms with van der Waals surface area (Å²) < 4.78 is 1.12. The average Bonchev–Trinajstić information content (AvgIpc) is 2.60. The Morgan fingerprint density at radius 3 is 1.74 bits per heavy atom. The molecule has 0 aliphatic heterocycles. The van der Waals surface area contributed by atoms with Gasteiger partial charge in [-0.3, -0.25) is 0 Å². The quantitative estimate of drug-likeness (QED) is 0.260. The minimum Gasteiger partial charge on any atom is -0.0616 e. The summed E-state index contributed by atoms with van der Waals surface area (Å²) in [5.74, 6) is 0. The van der Waals surface area contributed by atoms with Gasteiger partial charge in [-0.15, -0.1) is 0 Å². The lowest BCUT2D eigenvalue weighted by molar-refractivity contribution is 1.73. The molecule has 0 atom stereocenters. The van der Waals surface area contributed by atoms with Gasteiger partial charge in [0.05, 0.1) is 0 Å². The number of hydrogen-bond donors (Lipinski definition) is 0. The summed E-state index contributed by atoms with van der Waals surface area (Å²) in [6, 6.07) is 28.6. The molecule has 5 aromatic carbocycles. The molecule has 5 rings (SSSR count). The number of halogens is 1. The van der Waals surface area contributed by atoms with Crippen molar-refractivity contribution >= 4 is 59.0 Å². The van der Waals surface area contributed by atoms with Crippen LogP contribution in [0.3, 0.4) is 0 Å². The number of fused-ring (bicyclic) bond motifs is 7. The second kappa shape index (κ2) is 4.81. The van der Waals surface area contributed by atoms with Crippen LogP contribution in [0.5, 0.6) is 0 Å². The summed E-state index contributed by atoms with van der Waals surface area (Å²) in [5.41, 5.74) is 0. The van der Waals surface area contributed by atoms with Gasteiger partial charge in [0.1, 0.15) is 0 Å². The number of benzene rings is 5. The monoisotopic (exact) mass is 356 g/mol. The first-order valence-electron chi connectivity index (χ1n) is 7.74. The van der Waals surface area contributed by atoms with Crippen molar-refractivity contribution in [1.82, 2.24) is 0 Å². The van der Waals surface area contributed by atoms with Gasteiger partial charge in [-0.2, -0.15) is 0 Å². The Labute approximate surface area is 142 Å². The lowest BCUT2D eigenvalue weighted by atomic mass is 9.94. The molecule has 1 heteroatoms. The van der Waals surface area contributed by atoms with E-state index in [1.54, 1.807) is 0 Å². The van der Waals surface area contributed by atoms with Gasteiger partial charge in [0.15, 0.2) is 0 Å². The predicted molar refractivity (Wildman–Crippen MR) is 104 cm³/mol. The normalized spacial score (nSPS) is 11.7. The Bertz CT molecular complexity index is 1220. The summed E-state index contributed by atoms with van der Waals surface area (Å²) in [6.45, 7) is 0. The van der Waals surface area contributed by atoms with Crippen LogP contribution in [0.25, 0.3) is 43.1 Å². The maximum atomic E-state index is 3.60. The van der Waals surface area contributed by atoms with Crippen molar-refractivity contribution < 1.29 is 0 Å². The molecule has 0 fully saturated rings. The Morgan fingerprint density at radius 1 is 0.435 bits per heavy atom. The van der Waals surface area contributed by atoms with Gasteiger partial charge in [0.25, 0.3) is 0 Å². The zero-order valence-corrected chi connectivity index (χ0v) is 14.0. The zero-order valence-electron chi connectivity index (χ0n) is 12.4. The van der Waals surface area contributed by atoms with E-state index in [0.717, 1.165) is 4.47 Å². The summed E-state index contributed by atoms with van der Waals surface area (Å²) in [5, 5.41) is 10.5. The molecule has 0 aliphatic rings. The molecular weight excluding hydrogens is 344 g/mol. The van der Waals surface area contributed by atoms with Gasteiger partial charge in [-0.05, 0) is 55.2 Å². The molecule has 23 heavy (non-hydrogen) atoms. The molecule has 0 amide bonds. The van der Waals surface area contributed by atoms with Gasteiger partial charge in [0, 0.05) is 4.47 Å². The highest BCUT2D eigenvalue weighted by Crippen LogP contribution is 2.35. The standard InChI is InChI=1S/C22H13Br/c23-16-8-5-15-7-10-20-19-9-6-14-3-1-2-4-17(14)18(19)11-12-21(20)22(15)13-16/h1-13H. The van der Waals surface area contributed by atoms with Crippen molar-refractivity contribution in [2.75, 3.05) is 0 Å². The van der Waals surface area contributed by atoms with Crippen LogP contribution in [0, 0.1) is 0 Å². The molecule has 0 N–H and O–H groups in total. The largest absolute Gasteiger partial charge is 0.0616 e. The predicted octanol–water partition coefficient (Wildman–Crippen LogP) is 7.06. The van der Waals surface area contributed by atoms with Gasteiger partial charge >= 0.3 is 0 Å². The summed E-state index contributed by atoms with van der Waals surface area (Å²) in [4.78, 5) is 0. The van der Waals surface area contributed by atoms with Crippen LogP contribution in [0.4, 0.5) is 0 Å². The van der Waals surface area contributed by atoms with Crippen molar-refractivity contribution in [2.24, 2.45) is 0 Å². The molecule has 108 valence electrons. The Morgan fingerprint density at radius 2 is 0.957 bits per heavy atom. The Kier molecular flexibility index (Phi) is 2.74. The highest BCUT2D eigenvalue weighted by molar-refractivity contribution is 9.10. The third-order valence-corrected chi connectivity index (χ3v) is 5.20. The molecule has 0 aromatic heterocycles. The van der Waals surface area contributed by atoms with Gasteiger partial charge in [0.2, 0.25) is 0 Å². The lowest BCUT2D eigenvalue weighted by Gasteiger charge is -2.10. The summed E-state index contributed by atoms with van der Waals surface area (Å²) >= 11 is 3.60. The third-order valence-electron chi connectivity index (χ3n) is 4.70. The van der Waals surface area contributed by atoms with Gasteiger partial charge in [-0.25, -0.2) is 0 Å².